The van der Waals surface area contributed by atoms with E-state index in [0.29, 0.717) is 6.42 Å². The largest absolute Gasteiger partial charge is 0.281 e. The first-order valence-electron chi connectivity index (χ1n) is 4.46. The van der Waals surface area contributed by atoms with E-state index in [2.05, 4.69) is 0 Å². The van der Waals surface area contributed by atoms with E-state index >= 15 is 0 Å². The summed E-state index contributed by atoms with van der Waals surface area (Å²) in [4.78, 5) is 11.0. The average molecular weight is 169 g/mol. The van der Waals surface area contributed by atoms with Gasteiger partial charge in [0.1, 0.15) is 0 Å². The molecule has 0 radical (unpaired) electrons. The smallest absolute Gasteiger partial charge is 0.250 e. The zero-order chi connectivity index (χ0) is 8.97. The minimum Gasteiger partial charge on any atom is -0.281 e. The first-order chi connectivity index (χ1) is 5.75. The maximum Gasteiger partial charge on any atom is 0.250 e. The van der Waals surface area contributed by atoms with Crippen LogP contribution in [0.2, 0.25) is 0 Å². The van der Waals surface area contributed by atoms with Crippen LogP contribution in [-0.4, -0.2) is 16.2 Å². The number of carbonyl (C=O) groups is 1. The summed E-state index contributed by atoms with van der Waals surface area (Å²) >= 11 is 0. The fourth-order valence-corrected chi connectivity index (χ4v) is 1.32. The zero-order valence-corrected chi connectivity index (χ0v) is 7.42. The lowest BCUT2D eigenvalue weighted by molar-refractivity contribution is -0.157. The quantitative estimate of drug-likeness (QED) is 0.507. The molecule has 3 nitrogen and oxygen atoms in total. The Labute approximate surface area is 72.6 Å². The van der Waals surface area contributed by atoms with Crippen LogP contribution in [0.25, 0.3) is 0 Å². The predicted molar refractivity (Wildman–Crippen MR) is 45.5 cm³/mol. The molecule has 1 N–H and O–H groups in total. The van der Waals surface area contributed by atoms with Gasteiger partial charge in [0.2, 0.25) is 5.91 Å². The number of rotatable bonds is 2. The molecule has 12 heavy (non-hydrogen) atoms. The van der Waals surface area contributed by atoms with Crippen LogP contribution < -0.4 is 0 Å². The summed E-state index contributed by atoms with van der Waals surface area (Å²) in [6.07, 6.45) is 6.33. The molecule has 0 aromatic heterocycles. The van der Waals surface area contributed by atoms with E-state index in [1.807, 2.05) is 6.08 Å². The average Bonchev–Trinajstić information content (AvgIpc) is 2.17. The number of nitrogens with zero attached hydrogens (tertiary/aromatic N) is 1. The number of hydrogen-bond donors (Lipinski definition) is 1. The van der Waals surface area contributed by atoms with Crippen LogP contribution in [0, 0.1) is 0 Å². The highest BCUT2D eigenvalue weighted by molar-refractivity contribution is 5.76. The van der Waals surface area contributed by atoms with Crippen LogP contribution >= 0.6 is 0 Å². The van der Waals surface area contributed by atoms with Crippen molar-refractivity contribution in [2.24, 2.45) is 0 Å². The van der Waals surface area contributed by atoms with E-state index in [0.717, 1.165) is 36.4 Å². The van der Waals surface area contributed by atoms with E-state index in [4.69, 9.17) is 0 Å². The lowest BCUT2D eigenvalue weighted by Gasteiger charge is -2.20. The van der Waals surface area contributed by atoms with Gasteiger partial charge in [0.25, 0.3) is 0 Å². The van der Waals surface area contributed by atoms with Gasteiger partial charge in [-0.05, 0) is 25.7 Å². The van der Waals surface area contributed by atoms with E-state index < -0.39 is 0 Å². The SMILES string of the molecule is CCC(=O)N(O)C1=CCCCC1. The Bertz CT molecular complexity index is 199. The Morgan fingerprint density at radius 2 is 2.42 bits per heavy atom. The monoisotopic (exact) mass is 169 g/mol. The van der Waals surface area contributed by atoms with Gasteiger partial charge in [0, 0.05) is 12.1 Å². The Kier molecular flexibility index (Phi) is 3.29. The molecule has 0 fully saturated rings. The van der Waals surface area contributed by atoms with Gasteiger partial charge in [0.05, 0.1) is 0 Å². The highest BCUT2D eigenvalue weighted by Gasteiger charge is 2.14. The molecule has 0 atom stereocenters. The first kappa shape index (κ1) is 9.26. The van der Waals surface area contributed by atoms with Crippen molar-refractivity contribution >= 4 is 5.91 Å². The maximum atomic E-state index is 11.0. The summed E-state index contributed by atoms with van der Waals surface area (Å²) in [5, 5.41) is 10.2. The van der Waals surface area contributed by atoms with Gasteiger partial charge in [-0.1, -0.05) is 13.0 Å². The minimum absolute atomic E-state index is 0.219. The van der Waals surface area contributed by atoms with Crippen molar-refractivity contribution in [3.63, 3.8) is 0 Å². The highest BCUT2D eigenvalue weighted by Crippen LogP contribution is 2.19. The van der Waals surface area contributed by atoms with Crippen molar-refractivity contribution in [3.8, 4) is 0 Å². The lowest BCUT2D eigenvalue weighted by atomic mass is 10.0. The van der Waals surface area contributed by atoms with Crippen LogP contribution in [0.1, 0.15) is 39.0 Å². The van der Waals surface area contributed by atoms with E-state index in [1.54, 1.807) is 6.92 Å². The van der Waals surface area contributed by atoms with Crippen molar-refractivity contribution in [1.29, 1.82) is 0 Å². The van der Waals surface area contributed by atoms with Gasteiger partial charge in [0.15, 0.2) is 0 Å². The van der Waals surface area contributed by atoms with Gasteiger partial charge in [-0.15, -0.1) is 0 Å². The maximum absolute atomic E-state index is 11.0. The molecular weight excluding hydrogens is 154 g/mol. The Hall–Kier alpha value is -0.830. The molecular formula is C9H15NO2. The third kappa shape index (κ3) is 2.08. The summed E-state index contributed by atoms with van der Waals surface area (Å²) in [5.41, 5.74) is 0.771. The van der Waals surface area contributed by atoms with Gasteiger partial charge >= 0.3 is 0 Å². The highest BCUT2D eigenvalue weighted by atomic mass is 16.5. The molecule has 0 aromatic carbocycles. The summed E-state index contributed by atoms with van der Waals surface area (Å²) in [6.45, 7) is 1.74. The Morgan fingerprint density at radius 1 is 1.67 bits per heavy atom. The van der Waals surface area contributed by atoms with Crippen LogP contribution in [0.15, 0.2) is 11.8 Å². The molecule has 0 saturated heterocycles. The van der Waals surface area contributed by atoms with E-state index in [-0.39, 0.29) is 5.91 Å². The molecule has 0 aliphatic heterocycles. The fraction of sp³-hybridized carbons (Fsp3) is 0.667. The van der Waals surface area contributed by atoms with Gasteiger partial charge in [-0.2, -0.15) is 5.06 Å². The molecule has 68 valence electrons. The van der Waals surface area contributed by atoms with Crippen LogP contribution in [0.4, 0.5) is 0 Å². The van der Waals surface area contributed by atoms with Gasteiger partial charge in [-0.25, -0.2) is 0 Å². The van der Waals surface area contributed by atoms with Crippen LogP contribution in [-0.2, 0) is 4.79 Å². The molecule has 1 aliphatic carbocycles. The summed E-state index contributed by atoms with van der Waals surface area (Å²) in [7, 11) is 0. The summed E-state index contributed by atoms with van der Waals surface area (Å²) < 4.78 is 0. The second-order valence-corrected chi connectivity index (χ2v) is 3.00. The molecule has 0 unspecified atom stereocenters. The number of amides is 1. The van der Waals surface area contributed by atoms with Crippen LogP contribution in [0.5, 0.6) is 0 Å². The molecule has 0 heterocycles. The van der Waals surface area contributed by atoms with Crippen molar-refractivity contribution in [1.82, 2.24) is 5.06 Å². The first-order valence-corrected chi connectivity index (χ1v) is 4.46. The topological polar surface area (TPSA) is 40.5 Å². The standard InChI is InChI=1S/C9H15NO2/c1-2-9(11)10(12)8-6-4-3-5-7-8/h6,12H,2-5,7H2,1H3. The molecule has 0 bridgehead atoms. The number of carbonyl (C=O) groups excluding carboxylic acids is 1. The molecule has 1 rings (SSSR count). The lowest BCUT2D eigenvalue weighted by Crippen LogP contribution is -2.26. The second kappa shape index (κ2) is 4.26. The third-order valence-corrected chi connectivity index (χ3v) is 2.08. The Morgan fingerprint density at radius 3 is 2.92 bits per heavy atom. The summed E-state index contributed by atoms with van der Waals surface area (Å²) in [6, 6.07) is 0. The van der Waals surface area contributed by atoms with E-state index in [1.165, 1.54) is 0 Å². The second-order valence-electron chi connectivity index (χ2n) is 3.00. The van der Waals surface area contributed by atoms with Gasteiger partial charge < -0.3 is 0 Å². The summed E-state index contributed by atoms with van der Waals surface area (Å²) in [5.74, 6) is -0.219. The molecule has 3 heteroatoms. The molecule has 0 spiro atoms. The number of hydroxylamine groups is 2. The Balaban J connectivity index is 2.56. The van der Waals surface area contributed by atoms with Crippen molar-refractivity contribution in [2.45, 2.75) is 39.0 Å². The number of allylic oxidation sites excluding steroid dienone is 2. The molecule has 1 aliphatic rings. The molecule has 0 saturated carbocycles. The van der Waals surface area contributed by atoms with Crippen molar-refractivity contribution < 1.29 is 10.0 Å². The van der Waals surface area contributed by atoms with E-state index in [9.17, 15) is 10.0 Å². The predicted octanol–water partition coefficient (Wildman–Crippen LogP) is 2.07. The zero-order valence-electron chi connectivity index (χ0n) is 7.42. The van der Waals surface area contributed by atoms with Crippen molar-refractivity contribution in [2.75, 3.05) is 0 Å². The molecule has 0 aromatic rings. The van der Waals surface area contributed by atoms with Crippen molar-refractivity contribution in [3.05, 3.63) is 11.8 Å². The van der Waals surface area contributed by atoms with Gasteiger partial charge in [-0.3, -0.25) is 10.0 Å². The molecule has 1 amide bonds. The van der Waals surface area contributed by atoms with Crippen LogP contribution in [0.3, 0.4) is 0 Å². The fourth-order valence-electron chi connectivity index (χ4n) is 1.32. The normalized spacial score (nSPS) is 17.0. The third-order valence-electron chi connectivity index (χ3n) is 2.08. The minimum atomic E-state index is -0.219. The number of hydrogen-bond acceptors (Lipinski definition) is 2.